The van der Waals surface area contributed by atoms with E-state index in [1.807, 2.05) is 12.1 Å². The fourth-order valence-corrected chi connectivity index (χ4v) is 3.68. The van der Waals surface area contributed by atoms with Crippen LogP contribution in [0.15, 0.2) is 40.6 Å². The number of benzene rings is 2. The predicted octanol–water partition coefficient (Wildman–Crippen LogP) is 4.26. The van der Waals surface area contributed by atoms with E-state index in [9.17, 15) is 9.59 Å². The van der Waals surface area contributed by atoms with Crippen molar-refractivity contribution in [1.82, 2.24) is 0 Å². The highest BCUT2D eigenvalue weighted by Crippen LogP contribution is 2.38. The number of halogens is 1. The van der Waals surface area contributed by atoms with Crippen molar-refractivity contribution in [2.75, 3.05) is 13.4 Å². The van der Waals surface area contributed by atoms with Crippen molar-refractivity contribution in [1.29, 1.82) is 0 Å². The number of carbonyl (C=O) groups excluding carboxylic acids is 2. The summed E-state index contributed by atoms with van der Waals surface area (Å²) in [4.78, 5) is 24.4. The van der Waals surface area contributed by atoms with Crippen LogP contribution in [0, 0.1) is 0 Å². The molecule has 0 bridgehead atoms. The molecular formula is C22H19BrO7. The first kappa shape index (κ1) is 20.4. The van der Waals surface area contributed by atoms with E-state index in [1.165, 1.54) is 0 Å². The number of ether oxygens (including phenoxy) is 5. The number of Topliss-reactive ketones (excluding diaryl/α,β-unsaturated/α-hetero) is 1. The van der Waals surface area contributed by atoms with Crippen LogP contribution in [-0.4, -0.2) is 31.3 Å². The SMILES string of the molecule is CC(C)OC(=O)COc1ccc2c(c1)OC(=Cc1cc(Br)cc3c1OCOC3)C2=O. The molecule has 0 radical (unpaired) electrons. The van der Waals surface area contributed by atoms with E-state index in [0.29, 0.717) is 35.0 Å². The molecule has 0 atom stereocenters. The lowest BCUT2D eigenvalue weighted by atomic mass is 10.1. The molecule has 4 rings (SSSR count). The molecule has 8 heteroatoms. The topological polar surface area (TPSA) is 80.3 Å². The van der Waals surface area contributed by atoms with E-state index in [2.05, 4.69) is 15.9 Å². The molecular weight excluding hydrogens is 456 g/mol. The third kappa shape index (κ3) is 4.34. The number of carbonyl (C=O) groups is 2. The first-order chi connectivity index (χ1) is 14.4. The monoisotopic (exact) mass is 474 g/mol. The van der Waals surface area contributed by atoms with Gasteiger partial charge in [0.05, 0.1) is 18.3 Å². The van der Waals surface area contributed by atoms with E-state index < -0.39 is 5.97 Å². The minimum atomic E-state index is -0.466. The van der Waals surface area contributed by atoms with Gasteiger partial charge in [-0.25, -0.2) is 4.79 Å². The molecule has 2 aliphatic rings. The number of hydrogen-bond donors (Lipinski definition) is 0. The van der Waals surface area contributed by atoms with Gasteiger partial charge in [0, 0.05) is 21.7 Å². The van der Waals surface area contributed by atoms with Crippen LogP contribution in [0.5, 0.6) is 17.2 Å². The van der Waals surface area contributed by atoms with Gasteiger partial charge in [-0.2, -0.15) is 0 Å². The summed E-state index contributed by atoms with van der Waals surface area (Å²) in [6.45, 7) is 3.89. The Morgan fingerprint density at radius 1 is 1.27 bits per heavy atom. The minimum Gasteiger partial charge on any atom is -0.482 e. The Labute approximate surface area is 181 Å². The first-order valence-electron chi connectivity index (χ1n) is 9.34. The maximum absolute atomic E-state index is 12.8. The van der Waals surface area contributed by atoms with Crippen LogP contribution in [0.2, 0.25) is 0 Å². The van der Waals surface area contributed by atoms with Crippen LogP contribution in [0.25, 0.3) is 6.08 Å². The van der Waals surface area contributed by atoms with Crippen molar-refractivity contribution in [3.8, 4) is 17.2 Å². The summed E-state index contributed by atoms with van der Waals surface area (Å²) < 4.78 is 28.0. The van der Waals surface area contributed by atoms with Crippen LogP contribution in [0.4, 0.5) is 0 Å². The second-order valence-electron chi connectivity index (χ2n) is 7.02. The van der Waals surface area contributed by atoms with Crippen molar-refractivity contribution in [3.63, 3.8) is 0 Å². The number of esters is 1. The molecule has 7 nitrogen and oxygen atoms in total. The molecule has 2 aliphatic heterocycles. The molecule has 30 heavy (non-hydrogen) atoms. The fraction of sp³-hybridized carbons (Fsp3) is 0.273. The molecule has 0 fully saturated rings. The van der Waals surface area contributed by atoms with E-state index in [0.717, 1.165) is 10.0 Å². The Hall–Kier alpha value is -2.84. The normalized spacial score (nSPS) is 16.0. The summed E-state index contributed by atoms with van der Waals surface area (Å²) in [7, 11) is 0. The largest absolute Gasteiger partial charge is 0.482 e. The smallest absolute Gasteiger partial charge is 0.344 e. The van der Waals surface area contributed by atoms with Crippen LogP contribution < -0.4 is 14.2 Å². The highest BCUT2D eigenvalue weighted by Gasteiger charge is 2.29. The van der Waals surface area contributed by atoms with Crippen molar-refractivity contribution in [2.24, 2.45) is 0 Å². The molecule has 2 aromatic carbocycles. The fourth-order valence-electron chi connectivity index (χ4n) is 3.15. The predicted molar refractivity (Wildman–Crippen MR) is 111 cm³/mol. The van der Waals surface area contributed by atoms with Gasteiger partial charge in [-0.15, -0.1) is 0 Å². The van der Waals surface area contributed by atoms with Gasteiger partial charge < -0.3 is 23.7 Å². The van der Waals surface area contributed by atoms with Gasteiger partial charge in [-0.05, 0) is 44.2 Å². The lowest BCUT2D eigenvalue weighted by molar-refractivity contribution is -0.149. The summed E-state index contributed by atoms with van der Waals surface area (Å²) >= 11 is 3.47. The van der Waals surface area contributed by atoms with E-state index in [-0.39, 0.29) is 31.0 Å². The molecule has 0 amide bonds. The van der Waals surface area contributed by atoms with E-state index in [1.54, 1.807) is 38.1 Å². The lowest BCUT2D eigenvalue weighted by Crippen LogP contribution is -2.18. The number of ketones is 1. The third-order valence-corrected chi connectivity index (χ3v) is 4.81. The van der Waals surface area contributed by atoms with Crippen molar-refractivity contribution < 1.29 is 33.3 Å². The minimum absolute atomic E-state index is 0.153. The maximum Gasteiger partial charge on any atom is 0.344 e. The van der Waals surface area contributed by atoms with Crippen LogP contribution in [0.1, 0.15) is 35.3 Å². The highest BCUT2D eigenvalue weighted by atomic mass is 79.9. The zero-order chi connectivity index (χ0) is 21.3. The van der Waals surface area contributed by atoms with Crippen molar-refractivity contribution in [2.45, 2.75) is 26.6 Å². The van der Waals surface area contributed by atoms with Gasteiger partial charge in [-0.1, -0.05) is 15.9 Å². The third-order valence-electron chi connectivity index (χ3n) is 4.36. The van der Waals surface area contributed by atoms with Gasteiger partial charge in [-0.3, -0.25) is 4.79 Å². The molecule has 0 saturated carbocycles. The maximum atomic E-state index is 12.8. The summed E-state index contributed by atoms with van der Waals surface area (Å²) in [5, 5.41) is 0. The standard InChI is InChI=1S/C22H19BrO7/c1-12(2)29-20(24)10-27-16-3-4-17-18(8-16)30-19(21(17)25)7-13-5-15(23)6-14-9-26-11-28-22(13)14/h3-8,12H,9-11H2,1-2H3. The summed E-state index contributed by atoms with van der Waals surface area (Å²) in [6, 6.07) is 8.58. The summed E-state index contributed by atoms with van der Waals surface area (Å²) in [6.07, 6.45) is 1.44. The number of allylic oxidation sites excluding steroid dienone is 1. The van der Waals surface area contributed by atoms with Gasteiger partial charge in [0.2, 0.25) is 5.78 Å². The van der Waals surface area contributed by atoms with Crippen molar-refractivity contribution in [3.05, 3.63) is 57.3 Å². The Bertz CT molecular complexity index is 1040. The number of hydrogen-bond acceptors (Lipinski definition) is 7. The molecule has 0 aromatic heterocycles. The molecule has 156 valence electrons. The molecule has 0 spiro atoms. The van der Waals surface area contributed by atoms with Gasteiger partial charge in [0.25, 0.3) is 0 Å². The second kappa shape index (κ2) is 8.49. The summed E-state index contributed by atoms with van der Waals surface area (Å²) in [5.74, 6) is 0.912. The Balaban J connectivity index is 1.54. The molecule has 2 heterocycles. The lowest BCUT2D eigenvalue weighted by Gasteiger charge is -2.20. The number of rotatable bonds is 5. The summed E-state index contributed by atoms with van der Waals surface area (Å²) in [5.41, 5.74) is 2.02. The average molecular weight is 475 g/mol. The van der Waals surface area contributed by atoms with Crippen molar-refractivity contribution >= 4 is 33.8 Å². The number of fused-ring (bicyclic) bond motifs is 2. The Morgan fingerprint density at radius 3 is 2.90 bits per heavy atom. The molecule has 0 N–H and O–H groups in total. The highest BCUT2D eigenvalue weighted by molar-refractivity contribution is 9.10. The molecule has 0 saturated heterocycles. The zero-order valence-corrected chi connectivity index (χ0v) is 18.0. The Morgan fingerprint density at radius 2 is 2.10 bits per heavy atom. The Kier molecular flexibility index (Phi) is 5.78. The van der Waals surface area contributed by atoms with Crippen LogP contribution >= 0.6 is 15.9 Å². The second-order valence-corrected chi connectivity index (χ2v) is 7.93. The van der Waals surface area contributed by atoms with Gasteiger partial charge in [0.1, 0.15) is 17.2 Å². The first-order valence-corrected chi connectivity index (χ1v) is 10.1. The van der Waals surface area contributed by atoms with E-state index >= 15 is 0 Å². The average Bonchev–Trinajstić information content (AvgIpc) is 3.00. The molecule has 0 aliphatic carbocycles. The quantitative estimate of drug-likeness (QED) is 0.472. The van der Waals surface area contributed by atoms with Crippen LogP contribution in [0.3, 0.4) is 0 Å². The van der Waals surface area contributed by atoms with Gasteiger partial charge >= 0.3 is 5.97 Å². The van der Waals surface area contributed by atoms with Gasteiger partial charge in [0.15, 0.2) is 19.2 Å². The molecule has 2 aromatic rings. The molecule has 0 unspecified atom stereocenters. The van der Waals surface area contributed by atoms with E-state index in [4.69, 9.17) is 23.7 Å². The van der Waals surface area contributed by atoms with Crippen LogP contribution in [-0.2, 0) is 20.9 Å². The zero-order valence-electron chi connectivity index (χ0n) is 16.4.